The van der Waals surface area contributed by atoms with Crippen molar-refractivity contribution in [3.63, 3.8) is 0 Å². The van der Waals surface area contributed by atoms with Gasteiger partial charge in [-0.1, -0.05) is 11.6 Å². The van der Waals surface area contributed by atoms with Crippen LogP contribution >= 0.6 is 27.5 Å². The molecule has 1 fully saturated rings. The highest BCUT2D eigenvalue weighted by molar-refractivity contribution is 9.10. The van der Waals surface area contributed by atoms with E-state index in [0.29, 0.717) is 17.6 Å². The van der Waals surface area contributed by atoms with Crippen molar-refractivity contribution in [2.45, 2.75) is 25.8 Å². The van der Waals surface area contributed by atoms with E-state index in [1.165, 1.54) is 0 Å². The second-order valence-corrected chi connectivity index (χ2v) is 5.68. The van der Waals surface area contributed by atoms with Crippen molar-refractivity contribution < 1.29 is 4.79 Å². The SMILES string of the molecule is CCN(C(=O)CNc1ccc(Cl)cc1Br)C1CC1. The molecule has 1 aromatic rings. The lowest BCUT2D eigenvalue weighted by Gasteiger charge is -2.21. The zero-order valence-corrected chi connectivity index (χ0v) is 12.6. The van der Waals surface area contributed by atoms with Crippen LogP contribution in [0.4, 0.5) is 5.69 Å². The van der Waals surface area contributed by atoms with Gasteiger partial charge in [0.15, 0.2) is 0 Å². The number of carbonyl (C=O) groups is 1. The van der Waals surface area contributed by atoms with Gasteiger partial charge in [-0.2, -0.15) is 0 Å². The van der Waals surface area contributed by atoms with Crippen molar-refractivity contribution in [2.24, 2.45) is 0 Å². The van der Waals surface area contributed by atoms with Crippen LogP contribution in [0.25, 0.3) is 0 Å². The van der Waals surface area contributed by atoms with Crippen molar-refractivity contribution in [3.05, 3.63) is 27.7 Å². The van der Waals surface area contributed by atoms with Gasteiger partial charge in [0.25, 0.3) is 0 Å². The maximum atomic E-state index is 12.0. The second kappa shape index (κ2) is 5.93. The Hall–Kier alpha value is -0.740. The predicted molar refractivity (Wildman–Crippen MR) is 78.1 cm³/mol. The first-order chi connectivity index (χ1) is 8.61. The molecule has 18 heavy (non-hydrogen) atoms. The number of carbonyl (C=O) groups excluding carboxylic acids is 1. The van der Waals surface area contributed by atoms with Gasteiger partial charge in [0.1, 0.15) is 0 Å². The van der Waals surface area contributed by atoms with E-state index in [2.05, 4.69) is 21.2 Å². The molecule has 0 bridgehead atoms. The molecular weight excluding hydrogens is 316 g/mol. The van der Waals surface area contributed by atoms with Crippen molar-refractivity contribution >= 4 is 39.1 Å². The summed E-state index contributed by atoms with van der Waals surface area (Å²) in [6.45, 7) is 3.13. The van der Waals surface area contributed by atoms with Gasteiger partial charge in [-0.3, -0.25) is 4.79 Å². The minimum atomic E-state index is 0.154. The van der Waals surface area contributed by atoms with Crippen LogP contribution in [0.15, 0.2) is 22.7 Å². The van der Waals surface area contributed by atoms with Crippen molar-refractivity contribution in [1.29, 1.82) is 0 Å². The summed E-state index contributed by atoms with van der Waals surface area (Å²) in [4.78, 5) is 14.0. The number of hydrogen-bond donors (Lipinski definition) is 1. The molecule has 0 heterocycles. The Bertz CT molecular complexity index is 449. The summed E-state index contributed by atoms with van der Waals surface area (Å²) in [5.41, 5.74) is 0.889. The molecule has 1 aliphatic carbocycles. The van der Waals surface area contributed by atoms with E-state index in [0.717, 1.165) is 29.5 Å². The van der Waals surface area contributed by atoms with Gasteiger partial charge >= 0.3 is 0 Å². The molecule has 0 saturated heterocycles. The van der Waals surface area contributed by atoms with E-state index >= 15 is 0 Å². The van der Waals surface area contributed by atoms with Gasteiger partial charge in [-0.25, -0.2) is 0 Å². The molecule has 2 rings (SSSR count). The number of anilines is 1. The number of rotatable bonds is 5. The van der Waals surface area contributed by atoms with Crippen molar-refractivity contribution in [2.75, 3.05) is 18.4 Å². The fourth-order valence-electron chi connectivity index (χ4n) is 1.93. The summed E-state index contributed by atoms with van der Waals surface area (Å²) in [5, 5.41) is 3.81. The predicted octanol–water partition coefficient (Wildman–Crippen LogP) is 3.53. The van der Waals surface area contributed by atoms with Crippen LogP contribution in [-0.4, -0.2) is 29.9 Å². The molecule has 1 amide bonds. The van der Waals surface area contributed by atoms with Crippen LogP contribution in [0.1, 0.15) is 19.8 Å². The first-order valence-corrected chi connectivity index (χ1v) is 7.27. The number of nitrogens with zero attached hydrogens (tertiary/aromatic N) is 1. The summed E-state index contributed by atoms with van der Waals surface area (Å²) in [5.74, 6) is 0.154. The average molecular weight is 332 g/mol. The van der Waals surface area contributed by atoms with Crippen LogP contribution < -0.4 is 5.32 Å². The van der Waals surface area contributed by atoms with Gasteiger partial charge in [-0.15, -0.1) is 0 Å². The molecule has 1 aliphatic rings. The normalized spacial score (nSPS) is 14.4. The molecule has 1 saturated carbocycles. The molecule has 98 valence electrons. The molecular formula is C13H16BrClN2O. The summed E-state index contributed by atoms with van der Waals surface area (Å²) in [7, 11) is 0. The maximum absolute atomic E-state index is 12.0. The number of halogens is 2. The summed E-state index contributed by atoms with van der Waals surface area (Å²) in [6, 6.07) is 5.95. The first kappa shape index (κ1) is 13.7. The van der Waals surface area contributed by atoms with Gasteiger partial charge < -0.3 is 10.2 Å². The average Bonchev–Trinajstić information content (AvgIpc) is 3.13. The lowest BCUT2D eigenvalue weighted by atomic mass is 10.3. The largest absolute Gasteiger partial charge is 0.375 e. The van der Waals surface area contributed by atoms with Crippen LogP contribution in [0.5, 0.6) is 0 Å². The fourth-order valence-corrected chi connectivity index (χ4v) is 2.75. The second-order valence-electron chi connectivity index (χ2n) is 4.39. The highest BCUT2D eigenvalue weighted by Gasteiger charge is 2.30. The number of nitrogens with one attached hydrogen (secondary N) is 1. The van der Waals surface area contributed by atoms with Gasteiger partial charge in [0, 0.05) is 27.8 Å². The van der Waals surface area contributed by atoms with E-state index in [9.17, 15) is 4.79 Å². The molecule has 1 aromatic carbocycles. The lowest BCUT2D eigenvalue weighted by Crippen LogP contribution is -2.37. The molecule has 0 atom stereocenters. The Morgan fingerprint density at radius 2 is 2.28 bits per heavy atom. The summed E-state index contributed by atoms with van der Waals surface area (Å²) >= 11 is 9.29. The third-order valence-electron chi connectivity index (χ3n) is 3.01. The minimum absolute atomic E-state index is 0.154. The third-order valence-corrected chi connectivity index (χ3v) is 3.90. The minimum Gasteiger partial charge on any atom is -0.375 e. The Balaban J connectivity index is 1.92. The van der Waals surface area contributed by atoms with Gasteiger partial charge in [0.05, 0.1) is 6.54 Å². The lowest BCUT2D eigenvalue weighted by molar-refractivity contribution is -0.129. The van der Waals surface area contributed by atoms with Crippen LogP contribution in [-0.2, 0) is 4.79 Å². The van der Waals surface area contributed by atoms with Crippen LogP contribution in [0.2, 0.25) is 5.02 Å². The number of hydrogen-bond acceptors (Lipinski definition) is 2. The quantitative estimate of drug-likeness (QED) is 0.895. The number of benzene rings is 1. The molecule has 1 N–H and O–H groups in total. The first-order valence-electron chi connectivity index (χ1n) is 6.10. The highest BCUT2D eigenvalue weighted by atomic mass is 79.9. The number of likely N-dealkylation sites (N-methyl/N-ethyl adjacent to an activating group) is 1. The molecule has 0 unspecified atom stereocenters. The molecule has 0 aliphatic heterocycles. The fraction of sp³-hybridized carbons (Fsp3) is 0.462. The third kappa shape index (κ3) is 3.39. The van der Waals surface area contributed by atoms with E-state index in [-0.39, 0.29) is 5.91 Å². The zero-order valence-electron chi connectivity index (χ0n) is 10.2. The van der Waals surface area contributed by atoms with Crippen LogP contribution in [0.3, 0.4) is 0 Å². The van der Waals surface area contributed by atoms with E-state index in [1.807, 2.05) is 24.0 Å². The van der Waals surface area contributed by atoms with E-state index in [4.69, 9.17) is 11.6 Å². The summed E-state index contributed by atoms with van der Waals surface area (Å²) < 4.78 is 0.872. The Morgan fingerprint density at radius 3 is 2.83 bits per heavy atom. The maximum Gasteiger partial charge on any atom is 0.242 e. The van der Waals surface area contributed by atoms with Crippen molar-refractivity contribution in [3.8, 4) is 0 Å². The van der Waals surface area contributed by atoms with Gasteiger partial charge in [-0.05, 0) is 53.9 Å². The molecule has 0 radical (unpaired) electrons. The molecule has 0 spiro atoms. The Labute approximate surface area is 121 Å². The summed E-state index contributed by atoms with van der Waals surface area (Å²) in [6.07, 6.45) is 2.29. The monoisotopic (exact) mass is 330 g/mol. The molecule has 3 nitrogen and oxygen atoms in total. The van der Waals surface area contributed by atoms with Crippen LogP contribution in [0, 0.1) is 0 Å². The highest BCUT2D eigenvalue weighted by Crippen LogP contribution is 2.28. The Morgan fingerprint density at radius 1 is 1.56 bits per heavy atom. The van der Waals surface area contributed by atoms with Crippen molar-refractivity contribution in [1.82, 2.24) is 4.90 Å². The molecule has 5 heteroatoms. The molecule has 0 aromatic heterocycles. The topological polar surface area (TPSA) is 32.3 Å². The van der Waals surface area contributed by atoms with E-state index < -0.39 is 0 Å². The smallest absolute Gasteiger partial charge is 0.242 e. The number of amides is 1. The Kier molecular flexibility index (Phi) is 4.51. The van der Waals surface area contributed by atoms with Gasteiger partial charge in [0.2, 0.25) is 5.91 Å². The zero-order chi connectivity index (χ0) is 13.1. The standard InChI is InChI=1S/C13H16BrClN2O/c1-2-17(10-4-5-10)13(18)8-16-12-6-3-9(15)7-11(12)14/h3,6-7,10,16H,2,4-5,8H2,1H3. The van der Waals surface area contributed by atoms with E-state index in [1.54, 1.807) is 6.07 Å².